The van der Waals surface area contributed by atoms with Crippen LogP contribution in [0.15, 0.2) is 34.3 Å². The topological polar surface area (TPSA) is 12.0 Å². The molecule has 0 bridgehead atoms. The van der Waals surface area contributed by atoms with Crippen LogP contribution in [0.5, 0.6) is 0 Å². The van der Waals surface area contributed by atoms with Gasteiger partial charge in [-0.15, -0.1) is 0 Å². The van der Waals surface area contributed by atoms with E-state index < -0.39 is 0 Å². The van der Waals surface area contributed by atoms with Gasteiger partial charge < -0.3 is 5.32 Å². The van der Waals surface area contributed by atoms with E-state index in [9.17, 15) is 0 Å². The van der Waals surface area contributed by atoms with Crippen LogP contribution in [0.4, 0.5) is 0 Å². The molecule has 0 aliphatic rings. The van der Waals surface area contributed by atoms with Crippen molar-refractivity contribution in [1.29, 1.82) is 0 Å². The highest BCUT2D eigenvalue weighted by atomic mass is 79.9. The summed E-state index contributed by atoms with van der Waals surface area (Å²) in [6.07, 6.45) is 0. The van der Waals surface area contributed by atoms with Crippen LogP contribution >= 0.6 is 27.5 Å². The Morgan fingerprint density at radius 1 is 1.57 bits per heavy atom. The van der Waals surface area contributed by atoms with E-state index in [0.29, 0.717) is 11.6 Å². The first kappa shape index (κ1) is 11.8. The van der Waals surface area contributed by atoms with Gasteiger partial charge in [-0.05, 0) is 30.2 Å². The molecule has 76 valence electrons. The predicted octanol–water partition coefficient (Wildman–Crippen LogP) is 3.60. The number of benzene rings is 1. The minimum atomic E-state index is 0.639. The first-order chi connectivity index (χ1) is 6.59. The normalized spacial score (nSPS) is 10.2. The Labute approximate surface area is 98.3 Å². The zero-order valence-corrected chi connectivity index (χ0v) is 10.5. The van der Waals surface area contributed by atoms with E-state index >= 15 is 0 Å². The van der Waals surface area contributed by atoms with Crippen LogP contribution in [0.3, 0.4) is 0 Å². The fourth-order valence-corrected chi connectivity index (χ4v) is 1.76. The van der Waals surface area contributed by atoms with Crippen LogP contribution in [-0.2, 0) is 6.54 Å². The second-order valence-electron chi connectivity index (χ2n) is 3.19. The van der Waals surface area contributed by atoms with Crippen molar-refractivity contribution >= 4 is 27.5 Å². The molecule has 0 aromatic heterocycles. The van der Waals surface area contributed by atoms with Gasteiger partial charge in [-0.2, -0.15) is 0 Å². The third kappa shape index (κ3) is 3.82. The van der Waals surface area contributed by atoms with Gasteiger partial charge in [-0.1, -0.05) is 40.2 Å². The van der Waals surface area contributed by atoms with Gasteiger partial charge in [0.1, 0.15) is 0 Å². The van der Waals surface area contributed by atoms with E-state index in [1.807, 2.05) is 6.07 Å². The van der Waals surface area contributed by atoms with Crippen molar-refractivity contribution in [2.75, 3.05) is 6.54 Å². The molecule has 1 aromatic carbocycles. The number of halogens is 2. The second kappa shape index (κ2) is 5.54. The molecule has 1 rings (SSSR count). The zero-order valence-electron chi connectivity index (χ0n) is 8.11. The van der Waals surface area contributed by atoms with Gasteiger partial charge in [0.05, 0.1) is 0 Å². The third-order valence-electron chi connectivity index (χ3n) is 1.94. The summed E-state index contributed by atoms with van der Waals surface area (Å²) in [5, 5.41) is 3.85. The SMILES string of the molecule is C=C(Cl)CNCc1ccc(Br)cc1C. The quantitative estimate of drug-likeness (QED) is 0.884. The number of hydrogen-bond acceptors (Lipinski definition) is 1. The van der Waals surface area contributed by atoms with Crippen LogP contribution in [0, 0.1) is 6.92 Å². The Bertz CT molecular complexity index is 336. The molecule has 0 fully saturated rings. The highest BCUT2D eigenvalue weighted by Crippen LogP contribution is 2.15. The maximum absolute atomic E-state index is 5.64. The molecule has 1 aromatic rings. The Kier molecular flexibility index (Phi) is 4.66. The summed E-state index contributed by atoms with van der Waals surface area (Å²) in [6.45, 7) is 7.19. The van der Waals surface area contributed by atoms with E-state index in [1.54, 1.807) is 0 Å². The lowest BCUT2D eigenvalue weighted by atomic mass is 10.1. The Morgan fingerprint density at radius 3 is 2.86 bits per heavy atom. The summed E-state index contributed by atoms with van der Waals surface area (Å²) in [4.78, 5) is 0. The monoisotopic (exact) mass is 273 g/mol. The fraction of sp³-hybridized carbons (Fsp3) is 0.273. The van der Waals surface area contributed by atoms with Gasteiger partial charge in [0.2, 0.25) is 0 Å². The molecule has 0 atom stereocenters. The Balaban J connectivity index is 2.55. The standard InChI is InChI=1S/C11H13BrClN/c1-8-5-11(12)4-3-10(8)7-14-6-9(2)13/h3-5,14H,2,6-7H2,1H3. The van der Waals surface area contributed by atoms with Crippen LogP contribution < -0.4 is 5.32 Å². The molecule has 0 aliphatic heterocycles. The maximum atomic E-state index is 5.64. The van der Waals surface area contributed by atoms with Gasteiger partial charge in [-0.25, -0.2) is 0 Å². The third-order valence-corrected chi connectivity index (χ3v) is 2.56. The summed E-state index contributed by atoms with van der Waals surface area (Å²) in [5.74, 6) is 0. The molecule has 14 heavy (non-hydrogen) atoms. The summed E-state index contributed by atoms with van der Waals surface area (Å²) in [5.41, 5.74) is 2.55. The number of hydrogen-bond donors (Lipinski definition) is 1. The minimum Gasteiger partial charge on any atom is -0.308 e. The molecule has 1 nitrogen and oxygen atoms in total. The second-order valence-corrected chi connectivity index (χ2v) is 4.64. The van der Waals surface area contributed by atoms with Crippen LogP contribution in [-0.4, -0.2) is 6.54 Å². The summed E-state index contributed by atoms with van der Waals surface area (Å²) in [6, 6.07) is 6.25. The molecule has 0 unspecified atom stereocenters. The number of aryl methyl sites for hydroxylation is 1. The fourth-order valence-electron chi connectivity index (χ4n) is 1.19. The van der Waals surface area contributed by atoms with E-state index in [0.717, 1.165) is 11.0 Å². The van der Waals surface area contributed by atoms with Crippen molar-refractivity contribution in [2.45, 2.75) is 13.5 Å². The van der Waals surface area contributed by atoms with E-state index in [2.05, 4.69) is 46.9 Å². The summed E-state index contributed by atoms with van der Waals surface area (Å²) >= 11 is 9.08. The maximum Gasteiger partial charge on any atom is 0.0310 e. The summed E-state index contributed by atoms with van der Waals surface area (Å²) < 4.78 is 1.11. The summed E-state index contributed by atoms with van der Waals surface area (Å²) in [7, 11) is 0. The average molecular weight is 275 g/mol. The highest BCUT2D eigenvalue weighted by molar-refractivity contribution is 9.10. The lowest BCUT2D eigenvalue weighted by Gasteiger charge is -2.07. The van der Waals surface area contributed by atoms with Gasteiger partial charge >= 0.3 is 0 Å². The van der Waals surface area contributed by atoms with Crippen LogP contribution in [0.1, 0.15) is 11.1 Å². The largest absolute Gasteiger partial charge is 0.308 e. The van der Waals surface area contributed by atoms with E-state index in [4.69, 9.17) is 11.6 Å². The molecule has 0 heterocycles. The van der Waals surface area contributed by atoms with Crippen molar-refractivity contribution in [1.82, 2.24) is 5.32 Å². The Hall–Kier alpha value is -0.310. The van der Waals surface area contributed by atoms with Gasteiger partial charge in [-0.3, -0.25) is 0 Å². The number of nitrogens with one attached hydrogen (secondary N) is 1. The lowest BCUT2D eigenvalue weighted by molar-refractivity contribution is 0.751. The number of rotatable bonds is 4. The molecule has 1 N–H and O–H groups in total. The molecule has 0 amide bonds. The van der Waals surface area contributed by atoms with Crippen molar-refractivity contribution in [2.24, 2.45) is 0 Å². The smallest absolute Gasteiger partial charge is 0.0310 e. The molecule has 0 saturated carbocycles. The Morgan fingerprint density at radius 2 is 2.29 bits per heavy atom. The molecule has 0 saturated heterocycles. The molecule has 0 aliphatic carbocycles. The van der Waals surface area contributed by atoms with Crippen molar-refractivity contribution in [3.63, 3.8) is 0 Å². The molecule has 0 radical (unpaired) electrons. The van der Waals surface area contributed by atoms with Crippen molar-refractivity contribution in [3.8, 4) is 0 Å². The predicted molar refractivity (Wildman–Crippen MR) is 65.6 cm³/mol. The van der Waals surface area contributed by atoms with Crippen LogP contribution in [0.2, 0.25) is 0 Å². The van der Waals surface area contributed by atoms with Gasteiger partial charge in [0.25, 0.3) is 0 Å². The van der Waals surface area contributed by atoms with E-state index in [-0.39, 0.29) is 0 Å². The minimum absolute atomic E-state index is 0.639. The molecule has 0 spiro atoms. The van der Waals surface area contributed by atoms with Crippen LogP contribution in [0.25, 0.3) is 0 Å². The lowest BCUT2D eigenvalue weighted by Crippen LogP contribution is -2.15. The van der Waals surface area contributed by atoms with Gasteiger partial charge in [0.15, 0.2) is 0 Å². The first-order valence-corrected chi connectivity index (χ1v) is 5.55. The van der Waals surface area contributed by atoms with Crippen molar-refractivity contribution in [3.05, 3.63) is 45.4 Å². The zero-order chi connectivity index (χ0) is 10.6. The molecular weight excluding hydrogens is 261 g/mol. The van der Waals surface area contributed by atoms with Crippen molar-refractivity contribution < 1.29 is 0 Å². The van der Waals surface area contributed by atoms with E-state index in [1.165, 1.54) is 11.1 Å². The molecule has 3 heteroatoms. The highest BCUT2D eigenvalue weighted by Gasteiger charge is 1.98. The van der Waals surface area contributed by atoms with Gasteiger partial charge in [0, 0.05) is 22.6 Å². The first-order valence-electron chi connectivity index (χ1n) is 4.38. The average Bonchev–Trinajstić information content (AvgIpc) is 2.08. The molecular formula is C11H13BrClN.